The molecule has 4 aromatic rings. The van der Waals surface area contributed by atoms with Crippen LogP contribution in [0.2, 0.25) is 0 Å². The number of fused-ring (bicyclic) bond motifs is 1. The highest BCUT2D eigenvalue weighted by Crippen LogP contribution is 2.29. The van der Waals surface area contributed by atoms with E-state index in [-0.39, 0.29) is 10.4 Å². The Kier molecular flexibility index (Phi) is 4.49. The van der Waals surface area contributed by atoms with Crippen molar-refractivity contribution < 1.29 is 0 Å². The maximum Gasteiger partial charge on any atom is 0.323 e. The summed E-state index contributed by atoms with van der Waals surface area (Å²) in [5, 5.41) is 1.44. The Hall–Kier alpha value is -2.99. The van der Waals surface area contributed by atoms with Crippen LogP contribution in [0.5, 0.6) is 0 Å². The van der Waals surface area contributed by atoms with Gasteiger partial charge < -0.3 is 4.57 Å². The number of H-pyrrole nitrogens is 1. The minimum Gasteiger partial charge on any atom is -0.305 e. The quantitative estimate of drug-likeness (QED) is 0.587. The van der Waals surface area contributed by atoms with E-state index in [9.17, 15) is 9.59 Å². The summed E-state index contributed by atoms with van der Waals surface area (Å²) in [5.74, 6) is 0.844. The van der Waals surface area contributed by atoms with Crippen molar-refractivity contribution in [3.63, 3.8) is 0 Å². The maximum atomic E-state index is 13.0. The molecular formula is C21H18N3O2S. The Morgan fingerprint density at radius 2 is 1.85 bits per heavy atom. The second-order valence-corrected chi connectivity index (χ2v) is 7.60. The molecule has 0 aliphatic rings. The highest BCUT2D eigenvalue weighted by molar-refractivity contribution is 7.03. The number of pyridine rings is 1. The average Bonchev–Trinajstić information content (AvgIpc) is 3.10. The third-order valence-electron chi connectivity index (χ3n) is 4.34. The van der Waals surface area contributed by atoms with Gasteiger partial charge in [-0.1, -0.05) is 50.2 Å². The van der Waals surface area contributed by atoms with E-state index in [1.54, 1.807) is 4.57 Å². The number of benzene rings is 2. The molecule has 135 valence electrons. The summed E-state index contributed by atoms with van der Waals surface area (Å²) in [6.07, 6.45) is 3.30. The Labute approximate surface area is 160 Å². The highest BCUT2D eigenvalue weighted by Gasteiger charge is 2.14. The minimum atomic E-state index is -0.202. The molecule has 0 aliphatic heterocycles. The number of hydrogen-bond donors (Lipinski definition) is 1. The van der Waals surface area contributed by atoms with Gasteiger partial charge in [-0.15, -0.1) is 0 Å². The summed E-state index contributed by atoms with van der Waals surface area (Å²) in [4.78, 5) is 26.9. The van der Waals surface area contributed by atoms with Crippen LogP contribution in [0.1, 0.15) is 13.8 Å². The fourth-order valence-corrected chi connectivity index (χ4v) is 3.62. The van der Waals surface area contributed by atoms with Crippen molar-refractivity contribution in [2.75, 3.05) is 0 Å². The van der Waals surface area contributed by atoms with Crippen molar-refractivity contribution >= 4 is 22.3 Å². The number of hydrogen-bond acceptors (Lipinski definition) is 4. The molecule has 0 saturated heterocycles. The first-order valence-electron chi connectivity index (χ1n) is 8.74. The number of nitrogens with one attached hydrogen (secondary N) is 1. The van der Waals surface area contributed by atoms with E-state index in [0.717, 1.165) is 33.6 Å². The largest absolute Gasteiger partial charge is 0.323 e. The van der Waals surface area contributed by atoms with Crippen molar-refractivity contribution in [1.82, 2.24) is 13.9 Å². The van der Waals surface area contributed by atoms with Gasteiger partial charge in [-0.3, -0.25) is 14.6 Å². The Balaban J connectivity index is 2.02. The molecule has 5 nitrogen and oxygen atoms in total. The van der Waals surface area contributed by atoms with Crippen molar-refractivity contribution in [3.05, 3.63) is 74.7 Å². The third-order valence-corrected chi connectivity index (χ3v) is 4.88. The number of aromatic amines is 1. The van der Waals surface area contributed by atoms with Crippen LogP contribution < -0.4 is 10.4 Å². The molecule has 1 N–H and O–H groups in total. The van der Waals surface area contributed by atoms with E-state index >= 15 is 0 Å². The molecule has 0 amide bonds. The molecule has 6 heteroatoms. The van der Waals surface area contributed by atoms with Crippen LogP contribution in [0.3, 0.4) is 0 Å². The van der Waals surface area contributed by atoms with E-state index in [4.69, 9.17) is 0 Å². The second kappa shape index (κ2) is 6.96. The average molecular weight is 376 g/mol. The predicted octanol–water partition coefficient (Wildman–Crippen LogP) is 3.94. The molecule has 0 fully saturated rings. The Morgan fingerprint density at radius 1 is 1.07 bits per heavy atom. The fourth-order valence-electron chi connectivity index (χ4n) is 3.15. The number of aromatic nitrogens is 3. The van der Waals surface area contributed by atoms with Gasteiger partial charge in [0.2, 0.25) is 0 Å². The maximum absolute atomic E-state index is 13.0. The van der Waals surface area contributed by atoms with Gasteiger partial charge in [0, 0.05) is 34.6 Å². The molecule has 0 saturated carbocycles. The minimum absolute atomic E-state index is 0.0586. The molecule has 0 aliphatic carbocycles. The molecule has 2 heterocycles. The monoisotopic (exact) mass is 376 g/mol. The molecule has 4 rings (SSSR count). The Bertz CT molecular complexity index is 1220. The van der Waals surface area contributed by atoms with E-state index in [1.807, 2.05) is 48.5 Å². The molecule has 1 radical (unpaired) electrons. The first-order valence-corrected chi connectivity index (χ1v) is 9.52. The van der Waals surface area contributed by atoms with Crippen LogP contribution in [-0.2, 0) is 6.54 Å². The van der Waals surface area contributed by atoms with Crippen LogP contribution in [0, 0.1) is 12.1 Å². The topological polar surface area (TPSA) is 67.8 Å². The standard InChI is InChI=1S/C21H18N3O2S/c1-13(2)11-24-12-18(14-6-4-3-5-7-14)17-10-15(8-9-16(17)20(24)25)19-22-21(26)27-23-19/h3-10,13H,11H2,1-2H3,(H,22,23,26). The van der Waals surface area contributed by atoms with Crippen molar-refractivity contribution in [1.29, 1.82) is 0 Å². The van der Waals surface area contributed by atoms with Gasteiger partial charge in [-0.2, -0.15) is 4.37 Å². The lowest BCUT2D eigenvalue weighted by Crippen LogP contribution is -2.23. The Morgan fingerprint density at radius 3 is 2.52 bits per heavy atom. The van der Waals surface area contributed by atoms with Gasteiger partial charge in [0.25, 0.3) is 5.56 Å². The molecule has 0 bridgehead atoms. The lowest BCUT2D eigenvalue weighted by atomic mass is 9.98. The van der Waals surface area contributed by atoms with Crippen LogP contribution in [-0.4, -0.2) is 13.9 Å². The summed E-state index contributed by atoms with van der Waals surface area (Å²) >= 11 is 0.883. The lowest BCUT2D eigenvalue weighted by molar-refractivity contribution is 0.511. The summed E-state index contributed by atoms with van der Waals surface area (Å²) in [7, 11) is 0. The fraction of sp³-hybridized carbons (Fsp3) is 0.190. The summed E-state index contributed by atoms with van der Waals surface area (Å²) in [5.41, 5.74) is 2.57. The molecular weight excluding hydrogens is 358 g/mol. The third kappa shape index (κ3) is 3.36. The van der Waals surface area contributed by atoms with Crippen LogP contribution in [0.25, 0.3) is 33.3 Å². The van der Waals surface area contributed by atoms with E-state index in [2.05, 4.69) is 29.4 Å². The summed E-state index contributed by atoms with van der Waals surface area (Å²) in [6, 6.07) is 15.4. The molecule has 0 spiro atoms. The van der Waals surface area contributed by atoms with Crippen molar-refractivity contribution in [2.24, 2.45) is 5.92 Å². The predicted molar refractivity (Wildman–Crippen MR) is 109 cm³/mol. The first kappa shape index (κ1) is 17.4. The van der Waals surface area contributed by atoms with Gasteiger partial charge in [-0.05, 0) is 29.0 Å². The van der Waals surface area contributed by atoms with Crippen molar-refractivity contribution in [3.8, 4) is 22.5 Å². The SMILES string of the molecule is CC(C)Cn1[c]c(-c2ccccc2)c2cc(-c3nsc(=O)[nH]3)ccc2c1=O. The zero-order chi connectivity index (χ0) is 19.0. The van der Waals surface area contributed by atoms with Gasteiger partial charge in [0.1, 0.15) is 0 Å². The molecule has 2 aromatic heterocycles. The van der Waals surface area contributed by atoms with E-state index < -0.39 is 0 Å². The van der Waals surface area contributed by atoms with Crippen molar-refractivity contribution in [2.45, 2.75) is 20.4 Å². The van der Waals surface area contributed by atoms with Crippen LogP contribution in [0.15, 0.2) is 58.1 Å². The highest BCUT2D eigenvalue weighted by atomic mass is 32.1. The first-order chi connectivity index (χ1) is 13.0. The number of rotatable bonds is 4. The van der Waals surface area contributed by atoms with Gasteiger partial charge in [0.15, 0.2) is 5.82 Å². The van der Waals surface area contributed by atoms with Gasteiger partial charge in [0.05, 0.1) is 6.20 Å². The normalized spacial score (nSPS) is 11.4. The van der Waals surface area contributed by atoms with E-state index in [1.165, 1.54) is 0 Å². The second-order valence-electron chi connectivity index (χ2n) is 6.87. The van der Waals surface area contributed by atoms with Gasteiger partial charge >= 0.3 is 4.87 Å². The lowest BCUT2D eigenvalue weighted by Gasteiger charge is -2.14. The molecule has 2 aromatic carbocycles. The zero-order valence-corrected chi connectivity index (χ0v) is 15.8. The van der Waals surface area contributed by atoms with Crippen LogP contribution >= 0.6 is 11.5 Å². The molecule has 0 unspecified atom stereocenters. The van der Waals surface area contributed by atoms with Crippen LogP contribution in [0.4, 0.5) is 0 Å². The smallest absolute Gasteiger partial charge is 0.305 e. The van der Waals surface area contributed by atoms with E-state index in [0.29, 0.717) is 23.7 Å². The summed E-state index contributed by atoms with van der Waals surface area (Å²) in [6.45, 7) is 4.76. The van der Waals surface area contributed by atoms with Gasteiger partial charge in [-0.25, -0.2) is 0 Å². The number of nitrogens with zero attached hydrogens (tertiary/aromatic N) is 2. The zero-order valence-electron chi connectivity index (χ0n) is 15.0. The molecule has 0 atom stereocenters. The summed E-state index contributed by atoms with van der Waals surface area (Å²) < 4.78 is 5.82. The molecule has 27 heavy (non-hydrogen) atoms.